The number of esters is 1. The van der Waals surface area contributed by atoms with Gasteiger partial charge in [-0.1, -0.05) is 37.3 Å². The number of Topliss-reactive ketones (excluding diaryl/α,β-unsaturated/α-hetero) is 1. The number of cyclic esters (lactones) is 1. The first-order valence-electron chi connectivity index (χ1n) is 5.50. The SMILES string of the molecule is CC[C@@H]1COC(=O)[C@H]1C(=O)c1ccccc1. The van der Waals surface area contributed by atoms with Gasteiger partial charge in [0.05, 0.1) is 6.61 Å². The monoisotopic (exact) mass is 218 g/mol. The van der Waals surface area contributed by atoms with E-state index >= 15 is 0 Å². The van der Waals surface area contributed by atoms with Gasteiger partial charge in [-0.05, 0) is 6.42 Å². The van der Waals surface area contributed by atoms with Gasteiger partial charge in [-0.25, -0.2) is 0 Å². The van der Waals surface area contributed by atoms with Crippen molar-refractivity contribution in [2.75, 3.05) is 6.61 Å². The molecule has 16 heavy (non-hydrogen) atoms. The summed E-state index contributed by atoms with van der Waals surface area (Å²) in [5.74, 6) is -1.07. The quantitative estimate of drug-likeness (QED) is 0.443. The summed E-state index contributed by atoms with van der Waals surface area (Å²) in [5.41, 5.74) is 0.588. The first kappa shape index (κ1) is 10.9. The van der Waals surface area contributed by atoms with E-state index in [-0.39, 0.29) is 17.7 Å². The Morgan fingerprint density at radius 2 is 2.06 bits per heavy atom. The molecule has 0 radical (unpaired) electrons. The molecule has 0 bridgehead atoms. The van der Waals surface area contributed by atoms with E-state index in [1.807, 2.05) is 13.0 Å². The molecule has 1 aliphatic rings. The molecule has 1 aromatic carbocycles. The topological polar surface area (TPSA) is 43.4 Å². The van der Waals surface area contributed by atoms with Crippen LogP contribution in [0.4, 0.5) is 0 Å². The zero-order valence-electron chi connectivity index (χ0n) is 9.18. The Bertz CT molecular complexity index is 397. The van der Waals surface area contributed by atoms with Crippen molar-refractivity contribution in [2.24, 2.45) is 11.8 Å². The largest absolute Gasteiger partial charge is 0.465 e. The highest BCUT2D eigenvalue weighted by Crippen LogP contribution is 2.28. The summed E-state index contributed by atoms with van der Waals surface area (Å²) in [5, 5.41) is 0. The summed E-state index contributed by atoms with van der Waals surface area (Å²) < 4.78 is 4.95. The van der Waals surface area contributed by atoms with Gasteiger partial charge in [-0.3, -0.25) is 9.59 Å². The number of benzene rings is 1. The van der Waals surface area contributed by atoms with Gasteiger partial charge in [0.1, 0.15) is 5.92 Å². The summed E-state index contributed by atoms with van der Waals surface area (Å²) in [6, 6.07) is 8.92. The van der Waals surface area contributed by atoms with E-state index in [9.17, 15) is 9.59 Å². The second kappa shape index (κ2) is 4.47. The molecule has 1 aromatic rings. The number of rotatable bonds is 3. The lowest BCUT2D eigenvalue weighted by Gasteiger charge is -2.11. The zero-order chi connectivity index (χ0) is 11.5. The van der Waals surface area contributed by atoms with Crippen LogP contribution >= 0.6 is 0 Å². The lowest BCUT2D eigenvalue weighted by molar-refractivity contribution is -0.140. The Kier molecular flexibility index (Phi) is 3.04. The van der Waals surface area contributed by atoms with Gasteiger partial charge < -0.3 is 4.74 Å². The maximum atomic E-state index is 12.1. The van der Waals surface area contributed by atoms with E-state index in [2.05, 4.69) is 0 Å². The number of carbonyl (C=O) groups excluding carboxylic acids is 2. The van der Waals surface area contributed by atoms with Crippen LogP contribution in [0.2, 0.25) is 0 Å². The van der Waals surface area contributed by atoms with Crippen LogP contribution in [0, 0.1) is 11.8 Å². The van der Waals surface area contributed by atoms with Gasteiger partial charge in [0.25, 0.3) is 0 Å². The Labute approximate surface area is 94.4 Å². The van der Waals surface area contributed by atoms with E-state index in [1.54, 1.807) is 24.3 Å². The molecule has 1 aliphatic heterocycles. The van der Waals surface area contributed by atoms with Crippen molar-refractivity contribution in [3.05, 3.63) is 35.9 Å². The normalized spacial score (nSPS) is 24.2. The molecule has 3 heteroatoms. The molecule has 0 unspecified atom stereocenters. The molecule has 1 fully saturated rings. The molecule has 0 saturated carbocycles. The van der Waals surface area contributed by atoms with Crippen molar-refractivity contribution >= 4 is 11.8 Å². The molecule has 1 heterocycles. The highest BCUT2D eigenvalue weighted by Gasteiger charge is 2.41. The van der Waals surface area contributed by atoms with Crippen LogP contribution < -0.4 is 0 Å². The minimum absolute atomic E-state index is 0.0280. The first-order valence-corrected chi connectivity index (χ1v) is 5.50. The third-order valence-corrected chi connectivity index (χ3v) is 3.03. The Hall–Kier alpha value is -1.64. The lowest BCUT2D eigenvalue weighted by Crippen LogP contribution is -2.25. The molecule has 0 N–H and O–H groups in total. The number of hydrogen-bond acceptors (Lipinski definition) is 3. The predicted octanol–water partition coefficient (Wildman–Crippen LogP) is 2.07. The molecule has 0 aliphatic carbocycles. The van der Waals surface area contributed by atoms with Crippen LogP contribution in [0.5, 0.6) is 0 Å². The van der Waals surface area contributed by atoms with Crippen LogP contribution in [0.3, 0.4) is 0 Å². The molecular formula is C13H14O3. The zero-order valence-corrected chi connectivity index (χ0v) is 9.18. The summed E-state index contributed by atoms with van der Waals surface area (Å²) >= 11 is 0. The Balaban J connectivity index is 2.24. The first-order chi connectivity index (χ1) is 7.74. The van der Waals surface area contributed by atoms with E-state index in [0.29, 0.717) is 12.2 Å². The highest BCUT2D eigenvalue weighted by atomic mass is 16.5. The molecule has 2 rings (SSSR count). The average Bonchev–Trinajstić information content (AvgIpc) is 2.70. The van der Waals surface area contributed by atoms with E-state index in [1.165, 1.54) is 0 Å². The summed E-state index contributed by atoms with van der Waals surface area (Å²) in [7, 11) is 0. The summed E-state index contributed by atoms with van der Waals surface area (Å²) in [4.78, 5) is 23.6. The van der Waals surface area contributed by atoms with Crippen molar-refractivity contribution in [3.63, 3.8) is 0 Å². The van der Waals surface area contributed by atoms with Crippen molar-refractivity contribution in [3.8, 4) is 0 Å². The Morgan fingerprint density at radius 3 is 2.69 bits per heavy atom. The van der Waals surface area contributed by atoms with Crippen LogP contribution in [0.25, 0.3) is 0 Å². The molecule has 0 aromatic heterocycles. The van der Waals surface area contributed by atoms with Gasteiger partial charge in [0.2, 0.25) is 0 Å². The minimum Gasteiger partial charge on any atom is -0.465 e. The van der Waals surface area contributed by atoms with Crippen molar-refractivity contribution in [1.82, 2.24) is 0 Å². The average molecular weight is 218 g/mol. The standard InChI is InChI=1S/C13H14O3/c1-2-9-8-16-13(15)11(9)12(14)10-6-4-3-5-7-10/h3-7,9,11H,2,8H2,1H3/t9-,11-/m1/s1. The van der Waals surface area contributed by atoms with E-state index in [4.69, 9.17) is 4.74 Å². The second-order valence-electron chi connectivity index (χ2n) is 4.01. The third-order valence-electron chi connectivity index (χ3n) is 3.03. The Morgan fingerprint density at radius 1 is 1.38 bits per heavy atom. The number of carbonyl (C=O) groups is 2. The third kappa shape index (κ3) is 1.85. The number of ether oxygens (including phenoxy) is 1. The lowest BCUT2D eigenvalue weighted by atomic mass is 9.86. The molecular weight excluding hydrogens is 204 g/mol. The molecule has 0 amide bonds. The minimum atomic E-state index is -0.604. The van der Waals surface area contributed by atoms with Gasteiger partial charge in [-0.15, -0.1) is 0 Å². The van der Waals surface area contributed by atoms with Crippen molar-refractivity contribution in [1.29, 1.82) is 0 Å². The van der Waals surface area contributed by atoms with E-state index in [0.717, 1.165) is 6.42 Å². The fraction of sp³-hybridized carbons (Fsp3) is 0.385. The maximum absolute atomic E-state index is 12.1. The number of hydrogen-bond donors (Lipinski definition) is 0. The molecule has 3 nitrogen and oxygen atoms in total. The fourth-order valence-corrected chi connectivity index (χ4v) is 2.02. The smallest absolute Gasteiger partial charge is 0.317 e. The van der Waals surface area contributed by atoms with Crippen LogP contribution in [-0.4, -0.2) is 18.4 Å². The molecule has 0 spiro atoms. The predicted molar refractivity (Wildman–Crippen MR) is 59.0 cm³/mol. The number of ketones is 1. The summed E-state index contributed by atoms with van der Waals surface area (Å²) in [6.45, 7) is 2.34. The van der Waals surface area contributed by atoms with Crippen molar-refractivity contribution in [2.45, 2.75) is 13.3 Å². The molecule has 1 saturated heterocycles. The molecule has 2 atom stereocenters. The van der Waals surface area contributed by atoms with Gasteiger partial charge in [-0.2, -0.15) is 0 Å². The van der Waals surface area contributed by atoms with Crippen LogP contribution in [0.1, 0.15) is 23.7 Å². The van der Waals surface area contributed by atoms with Crippen molar-refractivity contribution < 1.29 is 14.3 Å². The van der Waals surface area contributed by atoms with E-state index < -0.39 is 5.92 Å². The van der Waals surface area contributed by atoms with Crippen LogP contribution in [-0.2, 0) is 9.53 Å². The van der Waals surface area contributed by atoms with Gasteiger partial charge >= 0.3 is 5.97 Å². The van der Waals surface area contributed by atoms with Gasteiger partial charge in [0, 0.05) is 11.5 Å². The second-order valence-corrected chi connectivity index (χ2v) is 4.01. The van der Waals surface area contributed by atoms with Crippen LogP contribution in [0.15, 0.2) is 30.3 Å². The fourth-order valence-electron chi connectivity index (χ4n) is 2.02. The maximum Gasteiger partial charge on any atom is 0.317 e. The molecule has 84 valence electrons. The highest BCUT2D eigenvalue weighted by molar-refractivity contribution is 6.09. The summed E-state index contributed by atoms with van der Waals surface area (Å²) in [6.07, 6.45) is 0.787. The van der Waals surface area contributed by atoms with Gasteiger partial charge in [0.15, 0.2) is 5.78 Å².